The van der Waals surface area contributed by atoms with Crippen LogP contribution in [0, 0.1) is 0 Å². The maximum absolute atomic E-state index is 12.8. The van der Waals surface area contributed by atoms with Crippen LogP contribution < -0.4 is 15.8 Å². The molecular weight excluding hydrogens is 376 g/mol. The van der Waals surface area contributed by atoms with Gasteiger partial charge in [-0.15, -0.1) is 0 Å². The Kier molecular flexibility index (Phi) is 4.87. The maximum Gasteiger partial charge on any atom is 0.262 e. The first-order valence-electron chi connectivity index (χ1n) is 8.90. The monoisotopic (exact) mass is 394 g/mol. The van der Waals surface area contributed by atoms with Crippen LogP contribution >= 0.6 is 11.8 Å². The average Bonchev–Trinajstić information content (AvgIpc) is 2.71. The quantitative estimate of drug-likeness (QED) is 0.543. The highest BCUT2D eigenvalue weighted by atomic mass is 32.2. The molecule has 3 aromatic rings. The average molecular weight is 394 g/mol. The molecule has 0 spiro atoms. The number of fused-ring (bicyclic) bond motifs is 2. The van der Waals surface area contributed by atoms with Crippen LogP contribution in [0.1, 0.15) is 6.92 Å². The van der Waals surface area contributed by atoms with E-state index in [2.05, 4.69) is 10.3 Å². The summed E-state index contributed by atoms with van der Waals surface area (Å²) < 4.78 is 1.57. The zero-order chi connectivity index (χ0) is 19.7. The van der Waals surface area contributed by atoms with Crippen molar-refractivity contribution in [2.45, 2.75) is 18.6 Å². The van der Waals surface area contributed by atoms with Gasteiger partial charge >= 0.3 is 0 Å². The van der Waals surface area contributed by atoms with Crippen LogP contribution in [0.25, 0.3) is 10.9 Å². The molecule has 1 aliphatic rings. The summed E-state index contributed by atoms with van der Waals surface area (Å²) in [6.45, 7) is 2.30. The van der Waals surface area contributed by atoms with Crippen molar-refractivity contribution in [3.05, 3.63) is 58.9 Å². The number of anilines is 2. The van der Waals surface area contributed by atoms with E-state index in [4.69, 9.17) is 0 Å². The molecule has 4 rings (SSSR count). The molecule has 7 nitrogen and oxygen atoms in total. The highest BCUT2D eigenvalue weighted by Gasteiger charge is 2.26. The number of amides is 2. The van der Waals surface area contributed by atoms with Gasteiger partial charge in [0.25, 0.3) is 5.56 Å². The van der Waals surface area contributed by atoms with Crippen LogP contribution in [0.5, 0.6) is 0 Å². The predicted octanol–water partition coefficient (Wildman–Crippen LogP) is 2.49. The van der Waals surface area contributed by atoms with Crippen LogP contribution in [0.4, 0.5) is 11.4 Å². The lowest BCUT2D eigenvalue weighted by Gasteiger charge is -2.29. The molecule has 0 unspecified atom stereocenters. The summed E-state index contributed by atoms with van der Waals surface area (Å²) in [4.78, 5) is 43.5. The molecule has 2 aromatic carbocycles. The van der Waals surface area contributed by atoms with Gasteiger partial charge in [-0.2, -0.15) is 0 Å². The Balaban J connectivity index is 1.61. The Morgan fingerprint density at radius 1 is 1.14 bits per heavy atom. The second-order valence-corrected chi connectivity index (χ2v) is 7.24. The SMILES string of the molecule is CCn1c(SCC(=O)N2CC(=O)Nc3ccccc32)nc2ccccc2c1=O. The smallest absolute Gasteiger partial charge is 0.262 e. The van der Waals surface area contributed by atoms with Gasteiger partial charge in [-0.3, -0.25) is 19.0 Å². The summed E-state index contributed by atoms with van der Waals surface area (Å²) in [5.41, 5.74) is 1.78. The molecule has 0 fully saturated rings. The predicted molar refractivity (Wildman–Crippen MR) is 110 cm³/mol. The van der Waals surface area contributed by atoms with Gasteiger partial charge in [0.05, 0.1) is 28.0 Å². The fourth-order valence-corrected chi connectivity index (χ4v) is 4.14. The van der Waals surface area contributed by atoms with E-state index < -0.39 is 0 Å². The van der Waals surface area contributed by atoms with E-state index in [9.17, 15) is 14.4 Å². The minimum Gasteiger partial charge on any atom is -0.323 e. The van der Waals surface area contributed by atoms with Crippen LogP contribution in [0.15, 0.2) is 58.5 Å². The van der Waals surface area contributed by atoms with Gasteiger partial charge < -0.3 is 10.2 Å². The lowest BCUT2D eigenvalue weighted by molar-refractivity contribution is -0.120. The number of thioether (sulfide) groups is 1. The number of para-hydroxylation sites is 3. The number of aromatic nitrogens is 2. The molecule has 2 heterocycles. The van der Waals surface area contributed by atoms with E-state index in [1.807, 2.05) is 19.1 Å². The first-order chi connectivity index (χ1) is 13.6. The summed E-state index contributed by atoms with van der Waals surface area (Å²) >= 11 is 1.21. The molecule has 0 saturated heterocycles. The molecule has 0 aliphatic carbocycles. The van der Waals surface area contributed by atoms with E-state index >= 15 is 0 Å². The van der Waals surface area contributed by atoms with Crippen molar-refractivity contribution in [1.29, 1.82) is 0 Å². The molecule has 0 radical (unpaired) electrons. The van der Waals surface area contributed by atoms with Gasteiger partial charge in [-0.1, -0.05) is 36.0 Å². The molecule has 8 heteroatoms. The highest BCUT2D eigenvalue weighted by molar-refractivity contribution is 7.99. The van der Waals surface area contributed by atoms with E-state index in [1.165, 1.54) is 16.7 Å². The number of nitrogens with one attached hydrogen (secondary N) is 1. The molecule has 2 amide bonds. The van der Waals surface area contributed by atoms with E-state index in [0.29, 0.717) is 34.0 Å². The number of hydrogen-bond acceptors (Lipinski definition) is 5. The Morgan fingerprint density at radius 2 is 1.89 bits per heavy atom. The van der Waals surface area contributed by atoms with Crippen molar-refractivity contribution in [2.75, 3.05) is 22.5 Å². The first kappa shape index (κ1) is 18.2. The lowest BCUT2D eigenvalue weighted by Crippen LogP contribution is -2.43. The van der Waals surface area contributed by atoms with Crippen LogP contribution in [0.2, 0.25) is 0 Å². The summed E-state index contributed by atoms with van der Waals surface area (Å²) in [5, 5.41) is 3.82. The molecule has 1 aliphatic heterocycles. The zero-order valence-corrected chi connectivity index (χ0v) is 16.0. The van der Waals surface area contributed by atoms with Crippen molar-refractivity contribution in [3.63, 3.8) is 0 Å². The topological polar surface area (TPSA) is 84.3 Å². The molecule has 0 saturated carbocycles. The van der Waals surface area contributed by atoms with Crippen LogP contribution in [-0.2, 0) is 16.1 Å². The van der Waals surface area contributed by atoms with E-state index in [-0.39, 0.29) is 29.7 Å². The minimum absolute atomic E-state index is 0.0257. The normalized spacial score (nSPS) is 13.3. The fourth-order valence-electron chi connectivity index (χ4n) is 3.20. The Bertz CT molecular complexity index is 1140. The maximum atomic E-state index is 12.8. The Labute approximate surface area is 165 Å². The second-order valence-electron chi connectivity index (χ2n) is 6.29. The minimum atomic E-state index is -0.230. The molecule has 1 N–H and O–H groups in total. The molecule has 0 bridgehead atoms. The van der Waals surface area contributed by atoms with Gasteiger partial charge in [0.1, 0.15) is 6.54 Å². The van der Waals surface area contributed by atoms with Crippen molar-refractivity contribution in [2.24, 2.45) is 0 Å². The number of carbonyl (C=O) groups excluding carboxylic acids is 2. The summed E-state index contributed by atoms with van der Waals surface area (Å²) in [6.07, 6.45) is 0. The molecule has 28 heavy (non-hydrogen) atoms. The largest absolute Gasteiger partial charge is 0.323 e. The Morgan fingerprint density at radius 3 is 2.71 bits per heavy atom. The fraction of sp³-hybridized carbons (Fsp3) is 0.200. The van der Waals surface area contributed by atoms with Crippen molar-refractivity contribution >= 4 is 45.9 Å². The van der Waals surface area contributed by atoms with Gasteiger partial charge in [-0.25, -0.2) is 4.98 Å². The number of carbonyl (C=O) groups is 2. The standard InChI is InChI=1S/C20H18N4O3S/c1-2-23-19(27)13-7-3-4-8-14(13)22-20(23)28-12-18(26)24-11-17(25)21-15-9-5-6-10-16(15)24/h3-10H,2,11-12H2,1H3,(H,21,25). The van der Waals surface area contributed by atoms with Crippen molar-refractivity contribution in [1.82, 2.24) is 9.55 Å². The van der Waals surface area contributed by atoms with Gasteiger partial charge in [0.15, 0.2) is 5.16 Å². The number of nitrogens with zero attached hydrogens (tertiary/aromatic N) is 3. The second kappa shape index (κ2) is 7.47. The third kappa shape index (κ3) is 3.27. The number of hydrogen-bond donors (Lipinski definition) is 1. The van der Waals surface area contributed by atoms with Crippen molar-refractivity contribution < 1.29 is 9.59 Å². The highest BCUT2D eigenvalue weighted by Crippen LogP contribution is 2.30. The van der Waals surface area contributed by atoms with Gasteiger partial charge in [0.2, 0.25) is 11.8 Å². The molecule has 1 aromatic heterocycles. The first-order valence-corrected chi connectivity index (χ1v) is 9.88. The summed E-state index contributed by atoms with van der Waals surface area (Å²) in [7, 11) is 0. The third-order valence-electron chi connectivity index (χ3n) is 4.54. The summed E-state index contributed by atoms with van der Waals surface area (Å²) in [6, 6.07) is 14.4. The summed E-state index contributed by atoms with van der Waals surface area (Å²) in [5.74, 6) is -0.365. The molecule has 0 atom stereocenters. The van der Waals surface area contributed by atoms with E-state index in [0.717, 1.165) is 0 Å². The van der Waals surface area contributed by atoms with Crippen LogP contribution in [-0.4, -0.2) is 33.7 Å². The van der Waals surface area contributed by atoms with Crippen molar-refractivity contribution in [3.8, 4) is 0 Å². The molecule has 142 valence electrons. The number of rotatable bonds is 4. The van der Waals surface area contributed by atoms with Gasteiger partial charge in [0, 0.05) is 6.54 Å². The molecular formula is C20H18N4O3S. The lowest BCUT2D eigenvalue weighted by atomic mass is 10.2. The third-order valence-corrected chi connectivity index (χ3v) is 5.50. The number of benzene rings is 2. The zero-order valence-electron chi connectivity index (χ0n) is 15.2. The van der Waals surface area contributed by atoms with Gasteiger partial charge in [-0.05, 0) is 31.2 Å². The Hall–Kier alpha value is -3.13. The van der Waals surface area contributed by atoms with E-state index in [1.54, 1.807) is 41.0 Å². The van der Waals surface area contributed by atoms with Crippen LogP contribution in [0.3, 0.4) is 0 Å².